The van der Waals surface area contributed by atoms with Gasteiger partial charge in [0.25, 0.3) is 0 Å². The second-order valence-electron chi connectivity index (χ2n) is 9.41. The highest BCUT2D eigenvalue weighted by Gasteiger charge is 2.42. The van der Waals surface area contributed by atoms with Crippen molar-refractivity contribution in [3.63, 3.8) is 0 Å². The van der Waals surface area contributed by atoms with Gasteiger partial charge in [0.2, 0.25) is 0 Å². The number of para-hydroxylation sites is 1. The van der Waals surface area contributed by atoms with Crippen molar-refractivity contribution in [3.8, 4) is 5.75 Å². The quantitative estimate of drug-likeness (QED) is 0.324. The predicted octanol–water partition coefficient (Wildman–Crippen LogP) is 4.97. The molecule has 0 bridgehead atoms. The van der Waals surface area contributed by atoms with Gasteiger partial charge in [0.15, 0.2) is 11.6 Å². The maximum absolute atomic E-state index is 15.1. The average molecular weight is 457 g/mol. The predicted molar refractivity (Wildman–Crippen MR) is 119 cm³/mol. The largest absolute Gasteiger partial charge is 0.482 e. The molecule has 0 aromatic heterocycles. The molecule has 0 heterocycles. The third-order valence-corrected chi connectivity index (χ3v) is 6.63. The number of methoxy groups -OCH3 is 1. The summed E-state index contributed by atoms with van der Waals surface area (Å²) in [6, 6.07) is 5.93. The second kappa shape index (κ2) is 12.5. The Balaban J connectivity index is 1.82. The lowest BCUT2D eigenvalue weighted by Crippen LogP contribution is -2.40. The van der Waals surface area contributed by atoms with Crippen molar-refractivity contribution in [2.75, 3.05) is 7.11 Å². The third kappa shape index (κ3) is 7.69. The first kappa shape index (κ1) is 26.5. The first-order valence-corrected chi connectivity index (χ1v) is 11.7. The molecular formula is C25H38F2O5. The van der Waals surface area contributed by atoms with Crippen LogP contribution in [0.15, 0.2) is 24.3 Å². The number of carbonyl (C=O) groups is 1. The fourth-order valence-corrected chi connectivity index (χ4v) is 4.65. The summed E-state index contributed by atoms with van der Waals surface area (Å²) in [6.45, 7) is 3.19. The molecule has 0 aliphatic heterocycles. The molecule has 2 N–H and O–H groups in total. The molecule has 1 aromatic carbocycles. The van der Waals surface area contributed by atoms with E-state index in [9.17, 15) is 19.4 Å². The summed E-state index contributed by atoms with van der Waals surface area (Å²) >= 11 is 0. The van der Waals surface area contributed by atoms with E-state index >= 15 is 4.39 Å². The van der Waals surface area contributed by atoms with Crippen molar-refractivity contribution in [3.05, 3.63) is 30.1 Å². The van der Waals surface area contributed by atoms with Crippen LogP contribution in [0.5, 0.6) is 5.75 Å². The number of rotatable bonds is 13. The molecule has 0 spiro atoms. The van der Waals surface area contributed by atoms with Crippen LogP contribution in [0.2, 0.25) is 0 Å². The van der Waals surface area contributed by atoms with Gasteiger partial charge in [-0.3, -0.25) is 4.79 Å². The zero-order valence-electron chi connectivity index (χ0n) is 19.4. The lowest BCUT2D eigenvalue weighted by molar-refractivity contribution is -0.140. The molecule has 182 valence electrons. The maximum atomic E-state index is 15.1. The molecule has 0 radical (unpaired) electrons. The summed E-state index contributed by atoms with van der Waals surface area (Å²) in [6.07, 6.45) is 2.94. The fourth-order valence-electron chi connectivity index (χ4n) is 4.65. The number of halogens is 2. The number of alkyl halides is 1. The summed E-state index contributed by atoms with van der Waals surface area (Å²) in [5.41, 5.74) is -1.22. The Hall–Kier alpha value is -1.73. The van der Waals surface area contributed by atoms with Gasteiger partial charge in [0.05, 0.1) is 19.3 Å². The van der Waals surface area contributed by atoms with Crippen LogP contribution in [0.25, 0.3) is 0 Å². The van der Waals surface area contributed by atoms with Crippen molar-refractivity contribution >= 4 is 5.97 Å². The zero-order chi connectivity index (χ0) is 23.7. The summed E-state index contributed by atoms with van der Waals surface area (Å²) < 4.78 is 39.2. The topological polar surface area (TPSA) is 76.0 Å². The molecule has 2 rings (SSSR count). The van der Waals surface area contributed by atoms with Crippen molar-refractivity contribution in [2.45, 2.75) is 95.6 Å². The van der Waals surface area contributed by atoms with Crippen LogP contribution < -0.4 is 4.74 Å². The Kier molecular flexibility index (Phi) is 10.4. The van der Waals surface area contributed by atoms with E-state index in [1.54, 1.807) is 26.0 Å². The van der Waals surface area contributed by atoms with Gasteiger partial charge in [-0.2, -0.15) is 0 Å². The number of esters is 1. The van der Waals surface area contributed by atoms with Crippen LogP contribution in [0, 0.1) is 17.7 Å². The van der Waals surface area contributed by atoms with Gasteiger partial charge >= 0.3 is 5.97 Å². The number of benzene rings is 1. The minimum Gasteiger partial charge on any atom is -0.482 e. The Labute approximate surface area is 190 Å². The third-order valence-electron chi connectivity index (χ3n) is 6.63. The first-order chi connectivity index (χ1) is 15.2. The Morgan fingerprint density at radius 1 is 1.09 bits per heavy atom. The highest BCUT2D eigenvalue weighted by atomic mass is 19.1. The number of carbonyl (C=O) groups excluding carboxylic acids is 1. The van der Waals surface area contributed by atoms with Gasteiger partial charge in [0, 0.05) is 6.42 Å². The first-order valence-electron chi connectivity index (χ1n) is 11.7. The fraction of sp³-hybridized carbons (Fsp3) is 0.720. The highest BCUT2D eigenvalue weighted by molar-refractivity contribution is 5.68. The molecule has 0 amide bonds. The number of hydrogen-bond acceptors (Lipinski definition) is 5. The molecule has 1 aliphatic carbocycles. The van der Waals surface area contributed by atoms with E-state index in [4.69, 9.17) is 4.74 Å². The summed E-state index contributed by atoms with van der Waals surface area (Å²) in [5.74, 6) is -0.978. The molecular weight excluding hydrogens is 418 g/mol. The normalized spacial score (nSPS) is 24.3. The van der Waals surface area contributed by atoms with Crippen LogP contribution in [-0.2, 0) is 9.53 Å². The van der Waals surface area contributed by atoms with Crippen LogP contribution in [0.3, 0.4) is 0 Å². The van der Waals surface area contributed by atoms with E-state index in [0.717, 1.165) is 32.1 Å². The van der Waals surface area contributed by atoms with Gasteiger partial charge in [-0.15, -0.1) is 0 Å². The van der Waals surface area contributed by atoms with E-state index in [0.29, 0.717) is 19.3 Å². The van der Waals surface area contributed by atoms with Crippen molar-refractivity contribution in [1.82, 2.24) is 0 Å². The molecule has 5 nitrogen and oxygen atoms in total. The number of ether oxygens (including phenoxy) is 2. The lowest BCUT2D eigenvalue weighted by atomic mass is 9.83. The van der Waals surface area contributed by atoms with Gasteiger partial charge in [-0.1, -0.05) is 31.4 Å². The van der Waals surface area contributed by atoms with Gasteiger partial charge in [0.1, 0.15) is 11.8 Å². The highest BCUT2D eigenvalue weighted by Crippen LogP contribution is 2.40. The van der Waals surface area contributed by atoms with Crippen LogP contribution >= 0.6 is 0 Å². The van der Waals surface area contributed by atoms with E-state index in [2.05, 4.69) is 4.74 Å². The molecule has 2 unspecified atom stereocenters. The summed E-state index contributed by atoms with van der Waals surface area (Å²) in [7, 11) is 1.38. The maximum Gasteiger partial charge on any atom is 0.305 e. The van der Waals surface area contributed by atoms with Gasteiger partial charge in [-0.05, 0) is 69.9 Å². The van der Waals surface area contributed by atoms with Crippen molar-refractivity contribution in [2.24, 2.45) is 11.8 Å². The number of aliphatic hydroxyl groups excluding tert-OH is 2. The molecule has 7 heteroatoms. The Bertz CT molecular complexity index is 711. The standard InChI is InChI=1S/C25H38F2O5/c1-25(2,32-22-12-9-8-11-19(22)26)23(27)15-14-18-17(20(28)16-21(18)29)10-6-4-5-7-13-24(30)31-3/h8-9,11-12,17-18,20-21,23,28-29H,4-7,10,13-16H2,1-3H3/t17-,18?,20+,21-,23?/m1/s1. The van der Waals surface area contributed by atoms with E-state index in [1.807, 2.05) is 0 Å². The molecule has 32 heavy (non-hydrogen) atoms. The van der Waals surface area contributed by atoms with Crippen LogP contribution in [0.4, 0.5) is 8.78 Å². The molecule has 0 saturated heterocycles. The van der Waals surface area contributed by atoms with Crippen LogP contribution in [-0.4, -0.2) is 47.3 Å². The van der Waals surface area contributed by atoms with E-state index in [-0.39, 0.29) is 30.0 Å². The SMILES string of the molecule is COC(=O)CCCCCC[C@@H]1C(CCC(F)C(C)(C)Oc2ccccc2F)[C@H](O)C[C@@H]1O. The molecule has 1 aliphatic rings. The Morgan fingerprint density at radius 2 is 1.72 bits per heavy atom. The summed E-state index contributed by atoms with van der Waals surface area (Å²) in [4.78, 5) is 11.2. The monoisotopic (exact) mass is 456 g/mol. The number of hydrogen-bond donors (Lipinski definition) is 2. The van der Waals surface area contributed by atoms with Crippen LogP contribution in [0.1, 0.15) is 71.6 Å². The minimum atomic E-state index is -1.36. The summed E-state index contributed by atoms with van der Waals surface area (Å²) in [5, 5.41) is 20.8. The Morgan fingerprint density at radius 3 is 2.38 bits per heavy atom. The second-order valence-corrected chi connectivity index (χ2v) is 9.41. The molecule has 1 aromatic rings. The molecule has 1 fully saturated rings. The minimum absolute atomic E-state index is 0.0153. The average Bonchev–Trinajstić information content (AvgIpc) is 3.02. The lowest BCUT2D eigenvalue weighted by Gasteiger charge is -2.32. The van der Waals surface area contributed by atoms with E-state index in [1.165, 1.54) is 19.2 Å². The number of aliphatic hydroxyl groups is 2. The zero-order valence-corrected chi connectivity index (χ0v) is 19.4. The van der Waals surface area contributed by atoms with E-state index < -0.39 is 29.8 Å². The van der Waals surface area contributed by atoms with Gasteiger partial charge < -0.3 is 19.7 Å². The molecule has 1 saturated carbocycles. The van der Waals surface area contributed by atoms with Crippen molar-refractivity contribution in [1.29, 1.82) is 0 Å². The number of unbranched alkanes of at least 4 members (excludes halogenated alkanes) is 3. The molecule has 5 atom stereocenters. The van der Waals surface area contributed by atoms with Crippen molar-refractivity contribution < 1.29 is 33.3 Å². The van der Waals surface area contributed by atoms with Gasteiger partial charge in [-0.25, -0.2) is 8.78 Å². The smallest absolute Gasteiger partial charge is 0.305 e.